The second kappa shape index (κ2) is 5.03. The maximum atomic E-state index is 12.9. The number of nitrogens with one attached hydrogen (secondary N) is 1. The molecular formula is C13H15F2NO4S. The molecule has 0 heterocycles. The zero-order valence-electron chi connectivity index (χ0n) is 11.3. The molecule has 116 valence electrons. The highest BCUT2D eigenvalue weighted by Crippen LogP contribution is 2.45. The fraction of sp³-hybridized carbons (Fsp3) is 0.462. The molecular weight excluding hydrogens is 304 g/mol. The van der Waals surface area contributed by atoms with Gasteiger partial charge in [-0.1, -0.05) is 12.1 Å². The van der Waals surface area contributed by atoms with E-state index in [-0.39, 0.29) is 11.3 Å². The summed E-state index contributed by atoms with van der Waals surface area (Å²) < 4.78 is 52.5. The first kappa shape index (κ1) is 15.8. The van der Waals surface area contributed by atoms with Crippen molar-refractivity contribution in [3.8, 4) is 0 Å². The molecule has 0 spiro atoms. The number of benzene rings is 1. The third kappa shape index (κ3) is 3.76. The van der Waals surface area contributed by atoms with Crippen molar-refractivity contribution < 1.29 is 27.1 Å². The number of hydrogen-bond donors (Lipinski definition) is 2. The topological polar surface area (TPSA) is 83.5 Å². The number of halogens is 2. The highest BCUT2D eigenvalue weighted by molar-refractivity contribution is 7.89. The van der Waals surface area contributed by atoms with Gasteiger partial charge in [-0.25, -0.2) is 21.9 Å². The second-order valence-electron chi connectivity index (χ2n) is 5.59. The average Bonchev–Trinajstić information content (AvgIpc) is 2.24. The molecule has 0 radical (unpaired) electrons. The molecule has 2 N–H and O–H groups in total. The third-order valence-electron chi connectivity index (χ3n) is 3.24. The van der Waals surface area contributed by atoms with Crippen LogP contribution in [-0.4, -0.2) is 31.0 Å². The first-order valence-electron chi connectivity index (χ1n) is 6.24. The molecule has 2 rings (SSSR count). The fourth-order valence-electron chi connectivity index (χ4n) is 2.54. The summed E-state index contributed by atoms with van der Waals surface area (Å²) in [5, 5.41) is 8.70. The molecule has 1 aromatic rings. The molecule has 1 aromatic carbocycles. The number of carbonyl (C=O) groups is 1. The lowest BCUT2D eigenvalue weighted by atomic mass is 9.76. The number of sulfonamides is 1. The van der Waals surface area contributed by atoms with Gasteiger partial charge in [0, 0.05) is 18.4 Å². The van der Waals surface area contributed by atoms with Crippen LogP contribution in [0.2, 0.25) is 0 Å². The monoisotopic (exact) mass is 319 g/mol. The lowest BCUT2D eigenvalue weighted by Crippen LogP contribution is -2.60. The number of hydrogen-bond acceptors (Lipinski definition) is 3. The van der Waals surface area contributed by atoms with Gasteiger partial charge in [0.1, 0.15) is 0 Å². The SMILES string of the molecule is CC1(NS(=O)(=O)c2cccc(CC(=O)O)c2)CC(F)(F)C1. The molecule has 0 saturated heterocycles. The van der Waals surface area contributed by atoms with Crippen LogP contribution in [0.25, 0.3) is 0 Å². The van der Waals surface area contributed by atoms with Gasteiger partial charge < -0.3 is 5.11 Å². The van der Waals surface area contributed by atoms with Crippen LogP contribution in [0, 0.1) is 0 Å². The van der Waals surface area contributed by atoms with Crippen molar-refractivity contribution in [1.82, 2.24) is 4.72 Å². The van der Waals surface area contributed by atoms with Crippen LogP contribution in [0.1, 0.15) is 25.3 Å². The quantitative estimate of drug-likeness (QED) is 0.866. The van der Waals surface area contributed by atoms with Crippen molar-refractivity contribution in [2.75, 3.05) is 0 Å². The Bertz CT molecular complexity index is 665. The standard InChI is InChI=1S/C13H15F2NO4S/c1-12(7-13(14,15)8-12)16-21(19,20)10-4-2-3-9(5-10)6-11(17)18/h2-5,16H,6-8H2,1H3,(H,17,18). The molecule has 0 aliphatic heterocycles. The van der Waals surface area contributed by atoms with Crippen LogP contribution in [0.15, 0.2) is 29.2 Å². The third-order valence-corrected chi connectivity index (χ3v) is 4.88. The summed E-state index contributed by atoms with van der Waals surface area (Å²) in [5.74, 6) is -3.93. The highest BCUT2D eigenvalue weighted by atomic mass is 32.2. The predicted molar refractivity (Wildman–Crippen MR) is 70.7 cm³/mol. The second-order valence-corrected chi connectivity index (χ2v) is 7.28. The molecule has 1 fully saturated rings. The van der Waals surface area contributed by atoms with E-state index < -0.39 is 40.3 Å². The van der Waals surface area contributed by atoms with Crippen molar-refractivity contribution in [1.29, 1.82) is 0 Å². The highest BCUT2D eigenvalue weighted by Gasteiger charge is 2.55. The van der Waals surface area contributed by atoms with Crippen LogP contribution >= 0.6 is 0 Å². The maximum absolute atomic E-state index is 12.9. The summed E-state index contributed by atoms with van der Waals surface area (Å²) in [6.07, 6.45) is -1.40. The van der Waals surface area contributed by atoms with E-state index in [0.717, 1.165) is 0 Å². The van der Waals surface area contributed by atoms with Gasteiger partial charge in [0.05, 0.1) is 11.3 Å². The maximum Gasteiger partial charge on any atom is 0.307 e. The van der Waals surface area contributed by atoms with Crippen LogP contribution in [0.3, 0.4) is 0 Å². The van der Waals surface area contributed by atoms with Crippen molar-refractivity contribution in [2.24, 2.45) is 0 Å². The Morgan fingerprint density at radius 1 is 1.38 bits per heavy atom. The Morgan fingerprint density at radius 3 is 2.52 bits per heavy atom. The summed E-state index contributed by atoms with van der Waals surface area (Å²) >= 11 is 0. The van der Waals surface area contributed by atoms with E-state index in [9.17, 15) is 22.0 Å². The minimum absolute atomic E-state index is 0.127. The molecule has 21 heavy (non-hydrogen) atoms. The first-order valence-corrected chi connectivity index (χ1v) is 7.72. The zero-order valence-corrected chi connectivity index (χ0v) is 12.1. The minimum atomic E-state index is -3.96. The van der Waals surface area contributed by atoms with E-state index in [2.05, 4.69) is 4.72 Å². The normalized spacial score (nSPS) is 19.8. The number of carboxylic acid groups (broad SMARTS) is 1. The van der Waals surface area contributed by atoms with E-state index in [4.69, 9.17) is 5.11 Å². The summed E-state index contributed by atoms with van der Waals surface area (Å²) in [6, 6.07) is 5.45. The largest absolute Gasteiger partial charge is 0.481 e. The average molecular weight is 319 g/mol. The summed E-state index contributed by atoms with van der Waals surface area (Å²) in [7, 11) is -3.96. The van der Waals surface area contributed by atoms with Gasteiger partial charge in [-0.05, 0) is 24.6 Å². The van der Waals surface area contributed by atoms with Gasteiger partial charge in [-0.15, -0.1) is 0 Å². The lowest BCUT2D eigenvalue weighted by Gasteiger charge is -2.44. The van der Waals surface area contributed by atoms with Crippen LogP contribution in [-0.2, 0) is 21.2 Å². The molecule has 5 nitrogen and oxygen atoms in total. The number of alkyl halides is 2. The Kier molecular flexibility index (Phi) is 3.79. The van der Waals surface area contributed by atoms with Crippen molar-refractivity contribution in [2.45, 2.75) is 42.5 Å². The van der Waals surface area contributed by atoms with E-state index in [1.54, 1.807) is 0 Å². The Morgan fingerprint density at radius 2 is 2.00 bits per heavy atom. The Labute approximate surface area is 121 Å². The van der Waals surface area contributed by atoms with Crippen LogP contribution in [0.5, 0.6) is 0 Å². The molecule has 0 amide bonds. The van der Waals surface area contributed by atoms with Crippen molar-refractivity contribution >= 4 is 16.0 Å². The molecule has 0 bridgehead atoms. The van der Waals surface area contributed by atoms with Gasteiger partial charge in [0.25, 0.3) is 5.92 Å². The summed E-state index contributed by atoms with van der Waals surface area (Å²) in [4.78, 5) is 10.5. The number of rotatable bonds is 5. The molecule has 1 saturated carbocycles. The van der Waals surface area contributed by atoms with Gasteiger partial charge in [-0.2, -0.15) is 0 Å². The molecule has 0 unspecified atom stereocenters. The van der Waals surface area contributed by atoms with Gasteiger partial charge in [-0.3, -0.25) is 4.79 Å². The van der Waals surface area contributed by atoms with Crippen molar-refractivity contribution in [3.63, 3.8) is 0 Å². The summed E-state index contributed by atoms with van der Waals surface area (Å²) in [5.41, 5.74) is -0.847. The predicted octanol–water partition coefficient (Wildman–Crippen LogP) is 1.78. The number of carboxylic acids is 1. The van der Waals surface area contributed by atoms with E-state index in [0.29, 0.717) is 5.56 Å². The molecule has 1 aliphatic rings. The minimum Gasteiger partial charge on any atom is -0.481 e. The van der Waals surface area contributed by atoms with Gasteiger partial charge >= 0.3 is 5.97 Å². The van der Waals surface area contributed by atoms with E-state index in [1.165, 1.54) is 31.2 Å². The van der Waals surface area contributed by atoms with Crippen molar-refractivity contribution in [3.05, 3.63) is 29.8 Å². The molecule has 1 aliphatic carbocycles. The van der Waals surface area contributed by atoms with E-state index in [1.807, 2.05) is 0 Å². The fourth-order valence-corrected chi connectivity index (χ4v) is 4.02. The zero-order chi connectivity index (χ0) is 15.9. The summed E-state index contributed by atoms with van der Waals surface area (Å²) in [6.45, 7) is 1.42. The Hall–Kier alpha value is -1.54. The van der Waals surface area contributed by atoms with Gasteiger partial charge in [0.2, 0.25) is 10.0 Å². The van der Waals surface area contributed by atoms with Crippen LogP contribution < -0.4 is 4.72 Å². The molecule has 8 heteroatoms. The van der Waals surface area contributed by atoms with Crippen LogP contribution in [0.4, 0.5) is 8.78 Å². The van der Waals surface area contributed by atoms with E-state index >= 15 is 0 Å². The van der Waals surface area contributed by atoms with Gasteiger partial charge in [0.15, 0.2) is 0 Å². The molecule has 0 aromatic heterocycles. The lowest BCUT2D eigenvalue weighted by molar-refractivity contribution is -0.136. The number of aliphatic carboxylic acids is 1. The Balaban J connectivity index is 2.18. The smallest absolute Gasteiger partial charge is 0.307 e. The molecule has 0 atom stereocenters. The first-order chi connectivity index (χ1) is 9.51.